The lowest BCUT2D eigenvalue weighted by atomic mass is 9.78. The van der Waals surface area contributed by atoms with Crippen LogP contribution >= 0.6 is 24.8 Å². The van der Waals surface area contributed by atoms with Gasteiger partial charge >= 0.3 is 0 Å². The molecular formula is C19H24Cl2F2N6. The van der Waals surface area contributed by atoms with E-state index in [1.165, 1.54) is 6.07 Å². The van der Waals surface area contributed by atoms with Crippen LogP contribution in [0.15, 0.2) is 18.2 Å². The van der Waals surface area contributed by atoms with E-state index in [0.29, 0.717) is 35.6 Å². The molecule has 1 saturated carbocycles. The van der Waals surface area contributed by atoms with Crippen LogP contribution in [0.5, 0.6) is 0 Å². The number of anilines is 2. The number of H-pyrrole nitrogens is 1. The van der Waals surface area contributed by atoms with E-state index in [2.05, 4.69) is 20.3 Å². The molecule has 2 heterocycles. The SMILES string of the molecule is Cc1[nH]c2c(F)cc(F)cc2c1CCNc1cc(C2CC(N)C2)nc(N)n1.Cl.Cl. The number of hydrogen-bond acceptors (Lipinski definition) is 5. The van der Waals surface area contributed by atoms with E-state index in [1.54, 1.807) is 0 Å². The van der Waals surface area contributed by atoms with Crippen molar-refractivity contribution in [3.8, 4) is 0 Å². The third-order valence-corrected chi connectivity index (χ3v) is 5.18. The Hall–Kier alpha value is -2.16. The van der Waals surface area contributed by atoms with E-state index in [1.807, 2.05) is 13.0 Å². The molecule has 0 saturated heterocycles. The molecule has 0 unspecified atom stereocenters. The quantitative estimate of drug-likeness (QED) is 0.478. The molecule has 0 amide bonds. The maximum Gasteiger partial charge on any atom is 0.222 e. The minimum absolute atomic E-state index is 0. The smallest absolute Gasteiger partial charge is 0.222 e. The predicted octanol–water partition coefficient (Wildman–Crippen LogP) is 3.83. The molecule has 3 aromatic rings. The first-order valence-corrected chi connectivity index (χ1v) is 9.01. The molecule has 0 bridgehead atoms. The van der Waals surface area contributed by atoms with Crippen LogP contribution in [0.2, 0.25) is 0 Å². The van der Waals surface area contributed by atoms with Crippen molar-refractivity contribution >= 4 is 47.5 Å². The normalized spacial score (nSPS) is 17.9. The summed E-state index contributed by atoms with van der Waals surface area (Å²) in [4.78, 5) is 11.5. The number of fused-ring (bicyclic) bond motifs is 1. The molecule has 0 spiro atoms. The number of aryl methyl sites for hydroxylation is 1. The number of rotatable bonds is 5. The molecule has 29 heavy (non-hydrogen) atoms. The van der Waals surface area contributed by atoms with Gasteiger partial charge in [0.2, 0.25) is 5.95 Å². The van der Waals surface area contributed by atoms with Crippen molar-refractivity contribution in [3.63, 3.8) is 0 Å². The van der Waals surface area contributed by atoms with Gasteiger partial charge in [-0.1, -0.05) is 0 Å². The van der Waals surface area contributed by atoms with Crippen LogP contribution in [0.3, 0.4) is 0 Å². The summed E-state index contributed by atoms with van der Waals surface area (Å²) in [5, 5.41) is 3.80. The highest BCUT2D eigenvalue weighted by Crippen LogP contribution is 2.35. The maximum atomic E-state index is 13.9. The van der Waals surface area contributed by atoms with E-state index in [4.69, 9.17) is 11.5 Å². The zero-order valence-electron chi connectivity index (χ0n) is 15.8. The second-order valence-corrected chi connectivity index (χ2v) is 7.18. The molecule has 0 atom stereocenters. The maximum absolute atomic E-state index is 13.9. The number of nitrogens with two attached hydrogens (primary N) is 2. The van der Waals surface area contributed by atoms with Crippen LogP contribution in [-0.2, 0) is 6.42 Å². The predicted molar refractivity (Wildman–Crippen MR) is 116 cm³/mol. The monoisotopic (exact) mass is 444 g/mol. The second-order valence-electron chi connectivity index (χ2n) is 7.18. The summed E-state index contributed by atoms with van der Waals surface area (Å²) in [6, 6.07) is 4.37. The molecular weight excluding hydrogens is 421 g/mol. The first kappa shape index (κ1) is 23.1. The molecule has 1 aromatic carbocycles. The summed E-state index contributed by atoms with van der Waals surface area (Å²) >= 11 is 0. The number of nitrogens with one attached hydrogen (secondary N) is 2. The highest BCUT2D eigenvalue weighted by molar-refractivity contribution is 5.86. The number of aromatic amines is 1. The molecule has 10 heteroatoms. The third kappa shape index (κ3) is 4.71. The number of nitrogens with zero attached hydrogens (tertiary/aromatic N) is 2. The van der Waals surface area contributed by atoms with Crippen molar-refractivity contribution < 1.29 is 8.78 Å². The number of halogens is 4. The highest BCUT2D eigenvalue weighted by Gasteiger charge is 2.29. The lowest BCUT2D eigenvalue weighted by Gasteiger charge is -2.32. The minimum atomic E-state index is -0.584. The average Bonchev–Trinajstić information content (AvgIpc) is 2.88. The Balaban J connectivity index is 0.00000150. The Morgan fingerprint density at radius 2 is 1.90 bits per heavy atom. The standard InChI is InChI=1S/C19H22F2N6.2ClH/c1-9-13(14-6-11(20)7-15(21)18(14)25-9)2-3-24-17-8-16(26-19(23)27-17)10-4-12(22)5-10;;/h6-8,10,12,25H,2-5,22H2,1H3,(H3,23,24,26,27);2*1H. The van der Waals surface area contributed by atoms with Crippen LogP contribution in [0, 0.1) is 18.6 Å². The van der Waals surface area contributed by atoms with E-state index >= 15 is 0 Å². The second kappa shape index (κ2) is 9.11. The zero-order valence-corrected chi connectivity index (χ0v) is 17.5. The number of hydrogen-bond donors (Lipinski definition) is 4. The van der Waals surface area contributed by atoms with Gasteiger partial charge in [0.05, 0.1) is 11.2 Å². The molecule has 6 N–H and O–H groups in total. The Labute approximate surface area is 179 Å². The molecule has 0 radical (unpaired) electrons. The van der Waals surface area contributed by atoms with Gasteiger partial charge in [0.25, 0.3) is 0 Å². The summed E-state index contributed by atoms with van der Waals surface area (Å²) in [5.74, 6) is 0.0303. The molecule has 0 aliphatic heterocycles. The first-order valence-electron chi connectivity index (χ1n) is 9.01. The first-order chi connectivity index (χ1) is 12.9. The van der Waals surface area contributed by atoms with Gasteiger partial charge in [0.15, 0.2) is 0 Å². The van der Waals surface area contributed by atoms with Crippen LogP contribution < -0.4 is 16.8 Å². The molecule has 1 aliphatic rings. The van der Waals surface area contributed by atoms with Gasteiger partial charge in [-0.05, 0) is 37.8 Å². The fraction of sp³-hybridized carbons (Fsp3) is 0.368. The summed E-state index contributed by atoms with van der Waals surface area (Å²) in [6.07, 6.45) is 2.39. The van der Waals surface area contributed by atoms with Crippen molar-refractivity contribution in [3.05, 3.63) is 46.8 Å². The molecule has 4 rings (SSSR count). The van der Waals surface area contributed by atoms with Crippen LogP contribution in [0.4, 0.5) is 20.5 Å². The lowest BCUT2D eigenvalue weighted by molar-refractivity contribution is 0.345. The van der Waals surface area contributed by atoms with Crippen molar-refractivity contribution in [2.24, 2.45) is 5.73 Å². The van der Waals surface area contributed by atoms with E-state index in [-0.39, 0.29) is 36.8 Å². The van der Waals surface area contributed by atoms with Gasteiger partial charge in [0, 0.05) is 41.7 Å². The number of nitrogen functional groups attached to an aromatic ring is 1. The molecule has 158 valence electrons. The van der Waals surface area contributed by atoms with E-state index < -0.39 is 11.6 Å². The average molecular weight is 445 g/mol. The summed E-state index contributed by atoms with van der Waals surface area (Å²) in [7, 11) is 0. The van der Waals surface area contributed by atoms with Crippen molar-refractivity contribution in [1.29, 1.82) is 0 Å². The van der Waals surface area contributed by atoms with Gasteiger partial charge < -0.3 is 21.8 Å². The van der Waals surface area contributed by atoms with Crippen molar-refractivity contribution in [2.75, 3.05) is 17.6 Å². The lowest BCUT2D eigenvalue weighted by Crippen LogP contribution is -2.35. The topological polar surface area (TPSA) is 106 Å². The van der Waals surface area contributed by atoms with Crippen LogP contribution in [0.1, 0.15) is 35.7 Å². The highest BCUT2D eigenvalue weighted by atomic mass is 35.5. The molecule has 2 aromatic heterocycles. The molecule has 1 aliphatic carbocycles. The summed E-state index contributed by atoms with van der Waals surface area (Å²) < 4.78 is 27.5. The Kier molecular flexibility index (Phi) is 7.26. The van der Waals surface area contributed by atoms with Crippen molar-refractivity contribution in [1.82, 2.24) is 15.0 Å². The number of benzene rings is 1. The minimum Gasteiger partial charge on any atom is -0.370 e. The summed E-state index contributed by atoms with van der Waals surface area (Å²) in [5.41, 5.74) is 14.6. The zero-order chi connectivity index (χ0) is 19.1. The van der Waals surface area contributed by atoms with Crippen LogP contribution in [-0.4, -0.2) is 27.5 Å². The van der Waals surface area contributed by atoms with Gasteiger partial charge in [-0.3, -0.25) is 0 Å². The summed E-state index contributed by atoms with van der Waals surface area (Å²) in [6.45, 7) is 2.40. The van der Waals surface area contributed by atoms with Crippen LogP contribution in [0.25, 0.3) is 10.9 Å². The van der Waals surface area contributed by atoms with Gasteiger partial charge in [-0.2, -0.15) is 4.98 Å². The Morgan fingerprint density at radius 3 is 2.59 bits per heavy atom. The van der Waals surface area contributed by atoms with Gasteiger partial charge in [-0.15, -0.1) is 24.8 Å². The molecule has 1 fully saturated rings. The van der Waals surface area contributed by atoms with Gasteiger partial charge in [0.1, 0.15) is 17.5 Å². The fourth-order valence-corrected chi connectivity index (χ4v) is 3.73. The van der Waals surface area contributed by atoms with Gasteiger partial charge in [-0.25, -0.2) is 13.8 Å². The number of aromatic nitrogens is 3. The Bertz CT molecular complexity index is 1000. The molecule has 6 nitrogen and oxygen atoms in total. The third-order valence-electron chi connectivity index (χ3n) is 5.18. The largest absolute Gasteiger partial charge is 0.370 e. The van der Waals surface area contributed by atoms with E-state index in [0.717, 1.165) is 35.9 Å². The fourth-order valence-electron chi connectivity index (χ4n) is 3.73. The Morgan fingerprint density at radius 1 is 1.17 bits per heavy atom. The van der Waals surface area contributed by atoms with E-state index in [9.17, 15) is 8.78 Å². The van der Waals surface area contributed by atoms with Crippen molar-refractivity contribution in [2.45, 2.75) is 38.1 Å².